The Hall–Kier alpha value is -2.85. The number of hydrogen-bond donors (Lipinski definition) is 1. The smallest absolute Gasteiger partial charge is 0.280 e. The maximum absolute atomic E-state index is 12.1. The maximum atomic E-state index is 12.1. The first-order valence-electron chi connectivity index (χ1n) is 7.86. The van der Waals surface area contributed by atoms with Gasteiger partial charge in [-0.05, 0) is 47.5 Å². The molecule has 0 spiro atoms. The Bertz CT molecular complexity index is 907. The Labute approximate surface area is 151 Å². The SMILES string of the molecule is C[C@H](Oc1ccc2ccccc2c1)C(=O)NN=Cc1ccc(Cl)cc1. The summed E-state index contributed by atoms with van der Waals surface area (Å²) in [5.41, 5.74) is 3.32. The third kappa shape index (κ3) is 4.58. The predicted molar refractivity (Wildman–Crippen MR) is 101 cm³/mol. The van der Waals surface area contributed by atoms with E-state index in [1.807, 2.05) is 54.6 Å². The number of carbonyl (C=O) groups excluding carboxylic acids is 1. The number of nitrogens with zero attached hydrogens (tertiary/aromatic N) is 1. The van der Waals surface area contributed by atoms with Crippen LogP contribution in [0, 0.1) is 0 Å². The van der Waals surface area contributed by atoms with Gasteiger partial charge >= 0.3 is 0 Å². The summed E-state index contributed by atoms with van der Waals surface area (Å²) in [6.45, 7) is 1.68. The molecule has 0 radical (unpaired) electrons. The van der Waals surface area contributed by atoms with Gasteiger partial charge in [0.25, 0.3) is 5.91 Å². The fraction of sp³-hybridized carbons (Fsp3) is 0.100. The summed E-state index contributed by atoms with van der Waals surface area (Å²) in [7, 11) is 0. The largest absolute Gasteiger partial charge is 0.481 e. The van der Waals surface area contributed by atoms with Crippen molar-refractivity contribution in [3.63, 3.8) is 0 Å². The van der Waals surface area contributed by atoms with Gasteiger partial charge in [-0.1, -0.05) is 54.1 Å². The fourth-order valence-electron chi connectivity index (χ4n) is 2.31. The van der Waals surface area contributed by atoms with Crippen molar-refractivity contribution in [1.29, 1.82) is 0 Å². The lowest BCUT2D eigenvalue weighted by Gasteiger charge is -2.13. The number of fused-ring (bicyclic) bond motifs is 1. The molecule has 1 atom stereocenters. The van der Waals surface area contributed by atoms with E-state index in [0.717, 1.165) is 16.3 Å². The second-order valence-corrected chi connectivity index (χ2v) is 5.99. The number of rotatable bonds is 5. The van der Waals surface area contributed by atoms with Gasteiger partial charge in [0, 0.05) is 5.02 Å². The molecule has 0 saturated heterocycles. The summed E-state index contributed by atoms with van der Waals surface area (Å²) in [4.78, 5) is 12.1. The molecule has 0 unspecified atom stereocenters. The van der Waals surface area contributed by atoms with Crippen molar-refractivity contribution in [3.05, 3.63) is 77.3 Å². The second kappa shape index (κ2) is 7.81. The van der Waals surface area contributed by atoms with Gasteiger partial charge in [0.05, 0.1) is 6.21 Å². The predicted octanol–water partition coefficient (Wildman–Crippen LogP) is 4.41. The number of carbonyl (C=O) groups is 1. The Kier molecular flexibility index (Phi) is 5.31. The Balaban J connectivity index is 1.58. The number of nitrogens with one attached hydrogen (secondary N) is 1. The van der Waals surface area contributed by atoms with Crippen LogP contribution in [-0.2, 0) is 4.79 Å². The zero-order valence-electron chi connectivity index (χ0n) is 13.6. The highest BCUT2D eigenvalue weighted by Crippen LogP contribution is 2.21. The summed E-state index contributed by atoms with van der Waals surface area (Å²) in [6, 6.07) is 20.9. The number of hydrazone groups is 1. The van der Waals surface area contributed by atoms with Crippen molar-refractivity contribution in [1.82, 2.24) is 5.43 Å². The zero-order chi connectivity index (χ0) is 17.6. The number of hydrogen-bond acceptors (Lipinski definition) is 3. The van der Waals surface area contributed by atoms with Crippen LogP contribution < -0.4 is 10.2 Å². The van der Waals surface area contributed by atoms with Gasteiger partial charge < -0.3 is 4.74 Å². The molecule has 25 heavy (non-hydrogen) atoms. The minimum absolute atomic E-state index is 0.321. The van der Waals surface area contributed by atoms with Gasteiger partial charge in [-0.25, -0.2) is 5.43 Å². The average molecular weight is 353 g/mol. The van der Waals surface area contributed by atoms with Crippen LogP contribution in [0.25, 0.3) is 10.8 Å². The highest BCUT2D eigenvalue weighted by molar-refractivity contribution is 6.30. The van der Waals surface area contributed by atoms with Crippen LogP contribution in [0.1, 0.15) is 12.5 Å². The molecule has 3 rings (SSSR count). The average Bonchev–Trinajstić information content (AvgIpc) is 2.63. The minimum atomic E-state index is -0.663. The number of benzene rings is 3. The van der Waals surface area contributed by atoms with Crippen LogP contribution in [0.4, 0.5) is 0 Å². The van der Waals surface area contributed by atoms with Crippen LogP contribution in [-0.4, -0.2) is 18.2 Å². The van der Waals surface area contributed by atoms with Crippen LogP contribution in [0.2, 0.25) is 5.02 Å². The summed E-state index contributed by atoms with van der Waals surface area (Å²) < 4.78 is 5.70. The van der Waals surface area contributed by atoms with Gasteiger partial charge in [0.2, 0.25) is 0 Å². The molecule has 0 aliphatic rings. The zero-order valence-corrected chi connectivity index (χ0v) is 14.4. The molecule has 0 aliphatic carbocycles. The molecule has 0 bridgehead atoms. The number of amides is 1. The van der Waals surface area contributed by atoms with E-state index < -0.39 is 6.10 Å². The molecular weight excluding hydrogens is 336 g/mol. The summed E-state index contributed by atoms with van der Waals surface area (Å²) >= 11 is 5.82. The van der Waals surface area contributed by atoms with Crippen molar-refractivity contribution in [2.75, 3.05) is 0 Å². The van der Waals surface area contributed by atoms with Gasteiger partial charge in [-0.3, -0.25) is 4.79 Å². The third-order valence-corrected chi connectivity index (χ3v) is 3.91. The van der Waals surface area contributed by atoms with Crippen LogP contribution >= 0.6 is 11.6 Å². The van der Waals surface area contributed by atoms with E-state index in [-0.39, 0.29) is 5.91 Å². The van der Waals surface area contributed by atoms with Crippen molar-refractivity contribution < 1.29 is 9.53 Å². The van der Waals surface area contributed by atoms with Crippen LogP contribution in [0.15, 0.2) is 71.8 Å². The van der Waals surface area contributed by atoms with E-state index in [1.54, 1.807) is 25.3 Å². The lowest BCUT2D eigenvalue weighted by atomic mass is 10.1. The number of ether oxygens (including phenoxy) is 1. The first-order chi connectivity index (χ1) is 12.1. The fourth-order valence-corrected chi connectivity index (χ4v) is 2.43. The normalized spacial score (nSPS) is 12.2. The summed E-state index contributed by atoms with van der Waals surface area (Å²) in [5.74, 6) is 0.321. The third-order valence-electron chi connectivity index (χ3n) is 3.66. The van der Waals surface area contributed by atoms with Crippen molar-refractivity contribution in [3.8, 4) is 5.75 Å². The highest BCUT2D eigenvalue weighted by atomic mass is 35.5. The molecule has 0 fully saturated rings. The molecule has 0 aromatic heterocycles. The monoisotopic (exact) mass is 352 g/mol. The molecular formula is C20H17ClN2O2. The molecule has 0 heterocycles. The molecule has 3 aromatic rings. The van der Waals surface area contributed by atoms with E-state index in [4.69, 9.17) is 16.3 Å². The standard InChI is InChI=1S/C20H17ClN2O2/c1-14(20(24)23-22-13-15-6-9-18(21)10-7-15)25-19-11-8-16-4-2-3-5-17(16)12-19/h2-14H,1H3,(H,23,24)/t14-/m0/s1. The quantitative estimate of drug-likeness (QED) is 0.546. The van der Waals surface area contributed by atoms with E-state index >= 15 is 0 Å². The maximum Gasteiger partial charge on any atom is 0.280 e. The van der Waals surface area contributed by atoms with Gasteiger partial charge in [0.15, 0.2) is 6.10 Å². The molecule has 1 N–H and O–H groups in total. The lowest BCUT2D eigenvalue weighted by Crippen LogP contribution is -2.33. The van der Waals surface area contributed by atoms with E-state index in [1.165, 1.54) is 0 Å². The highest BCUT2D eigenvalue weighted by Gasteiger charge is 2.14. The molecule has 4 nitrogen and oxygen atoms in total. The lowest BCUT2D eigenvalue weighted by molar-refractivity contribution is -0.127. The molecule has 5 heteroatoms. The van der Waals surface area contributed by atoms with E-state index in [9.17, 15) is 4.79 Å². The van der Waals surface area contributed by atoms with Gasteiger partial charge in [-0.15, -0.1) is 0 Å². The number of halogens is 1. The van der Waals surface area contributed by atoms with Crippen molar-refractivity contribution in [2.45, 2.75) is 13.0 Å². The first kappa shape index (κ1) is 17.0. The Morgan fingerprint density at radius 1 is 1.08 bits per heavy atom. The molecule has 0 aliphatic heterocycles. The first-order valence-corrected chi connectivity index (χ1v) is 8.23. The molecule has 3 aromatic carbocycles. The van der Waals surface area contributed by atoms with E-state index in [0.29, 0.717) is 10.8 Å². The summed E-state index contributed by atoms with van der Waals surface area (Å²) in [5, 5.41) is 6.78. The molecule has 1 amide bonds. The topological polar surface area (TPSA) is 50.7 Å². The van der Waals surface area contributed by atoms with Crippen LogP contribution in [0.5, 0.6) is 5.75 Å². The van der Waals surface area contributed by atoms with Crippen LogP contribution in [0.3, 0.4) is 0 Å². The summed E-state index contributed by atoms with van der Waals surface area (Å²) in [6.07, 6.45) is 0.889. The second-order valence-electron chi connectivity index (χ2n) is 5.55. The molecule has 0 saturated carbocycles. The minimum Gasteiger partial charge on any atom is -0.481 e. The Morgan fingerprint density at radius 3 is 2.56 bits per heavy atom. The van der Waals surface area contributed by atoms with Crippen molar-refractivity contribution in [2.24, 2.45) is 5.10 Å². The van der Waals surface area contributed by atoms with E-state index in [2.05, 4.69) is 10.5 Å². The molecule has 126 valence electrons. The van der Waals surface area contributed by atoms with Gasteiger partial charge in [0.1, 0.15) is 5.75 Å². The Morgan fingerprint density at radius 2 is 1.80 bits per heavy atom. The van der Waals surface area contributed by atoms with Crippen molar-refractivity contribution >= 4 is 34.5 Å². The van der Waals surface area contributed by atoms with Gasteiger partial charge in [-0.2, -0.15) is 5.10 Å².